The number of carbonyl (C=O) groups is 1. The van der Waals surface area contributed by atoms with Crippen LogP contribution >= 0.6 is 0 Å². The maximum atomic E-state index is 12.2. The molecule has 1 aliphatic heterocycles. The summed E-state index contributed by atoms with van der Waals surface area (Å²) >= 11 is 0. The van der Waals surface area contributed by atoms with Crippen LogP contribution in [0.25, 0.3) is 6.08 Å². The van der Waals surface area contributed by atoms with Crippen molar-refractivity contribution in [2.45, 2.75) is 23.7 Å². The molecule has 6 nitrogen and oxygen atoms in total. The van der Waals surface area contributed by atoms with E-state index in [-0.39, 0.29) is 4.90 Å². The third-order valence-corrected chi connectivity index (χ3v) is 5.91. The Labute approximate surface area is 151 Å². The van der Waals surface area contributed by atoms with Crippen LogP contribution in [-0.4, -0.2) is 14.4 Å². The zero-order chi connectivity index (χ0) is 18.3. The highest BCUT2D eigenvalue weighted by atomic mass is 32.2. The lowest BCUT2D eigenvalue weighted by atomic mass is 10.0. The Morgan fingerprint density at radius 1 is 1.08 bits per heavy atom. The molecule has 0 aromatic heterocycles. The van der Waals surface area contributed by atoms with E-state index in [4.69, 9.17) is 0 Å². The molecule has 1 heterocycles. The molecule has 0 radical (unpaired) electrons. The Bertz CT molecular complexity index is 1090. The number of hydrogen-bond acceptors (Lipinski definition) is 4. The molecule has 130 valence electrons. The minimum Gasteiger partial charge on any atom is -0.308 e. The monoisotopic (exact) mass is 365 g/mol. The molecule has 2 aromatic rings. The van der Waals surface area contributed by atoms with Gasteiger partial charge in [-0.05, 0) is 66.3 Å². The smallest absolute Gasteiger partial charge is 0.308 e. The fourth-order valence-corrected chi connectivity index (χ4v) is 4.23. The topological polar surface area (TPSA) is 99.1 Å². The SMILES string of the molecule is N#Cc1ccc(NC(=O)Nc2ccc3c(c2)S(=O)(=O)C=C3)cc1C1CC1. The van der Waals surface area contributed by atoms with Gasteiger partial charge in [-0.3, -0.25) is 0 Å². The van der Waals surface area contributed by atoms with Crippen molar-refractivity contribution in [1.82, 2.24) is 0 Å². The van der Waals surface area contributed by atoms with Crippen LogP contribution in [0.2, 0.25) is 0 Å². The second-order valence-electron chi connectivity index (χ2n) is 6.37. The van der Waals surface area contributed by atoms with Gasteiger partial charge in [-0.1, -0.05) is 6.07 Å². The van der Waals surface area contributed by atoms with Crippen LogP contribution < -0.4 is 10.6 Å². The summed E-state index contributed by atoms with van der Waals surface area (Å²) in [5.74, 6) is 0.392. The Hall–Kier alpha value is -3.11. The van der Waals surface area contributed by atoms with Gasteiger partial charge in [-0.15, -0.1) is 0 Å². The quantitative estimate of drug-likeness (QED) is 0.863. The number of nitrogens with zero attached hydrogens (tertiary/aromatic N) is 1. The second-order valence-corrected chi connectivity index (χ2v) is 8.17. The molecule has 26 heavy (non-hydrogen) atoms. The Morgan fingerprint density at radius 2 is 1.77 bits per heavy atom. The summed E-state index contributed by atoms with van der Waals surface area (Å²) in [6, 6.07) is 11.7. The van der Waals surface area contributed by atoms with Gasteiger partial charge >= 0.3 is 6.03 Å². The fourth-order valence-electron chi connectivity index (χ4n) is 3.00. The van der Waals surface area contributed by atoms with E-state index in [2.05, 4.69) is 16.7 Å². The second kappa shape index (κ2) is 6.00. The molecular weight excluding hydrogens is 350 g/mol. The summed E-state index contributed by atoms with van der Waals surface area (Å²) in [5.41, 5.74) is 3.19. The van der Waals surface area contributed by atoms with Crippen molar-refractivity contribution in [1.29, 1.82) is 5.26 Å². The van der Waals surface area contributed by atoms with E-state index in [9.17, 15) is 18.5 Å². The third-order valence-electron chi connectivity index (χ3n) is 4.45. The summed E-state index contributed by atoms with van der Waals surface area (Å²) in [4.78, 5) is 12.4. The number of nitrogens with one attached hydrogen (secondary N) is 2. The van der Waals surface area contributed by atoms with E-state index in [1.807, 2.05) is 6.07 Å². The molecule has 2 N–H and O–H groups in total. The summed E-state index contributed by atoms with van der Waals surface area (Å²) in [6.45, 7) is 0. The largest absolute Gasteiger partial charge is 0.323 e. The van der Waals surface area contributed by atoms with Crippen LogP contribution in [-0.2, 0) is 9.84 Å². The van der Waals surface area contributed by atoms with E-state index in [0.29, 0.717) is 28.4 Å². The van der Waals surface area contributed by atoms with Gasteiger partial charge in [0.1, 0.15) is 0 Å². The molecule has 4 rings (SSSR count). The summed E-state index contributed by atoms with van der Waals surface area (Å²) < 4.78 is 23.8. The Morgan fingerprint density at radius 3 is 2.46 bits per heavy atom. The van der Waals surface area contributed by atoms with Gasteiger partial charge in [0.2, 0.25) is 9.84 Å². The molecule has 1 saturated carbocycles. The van der Waals surface area contributed by atoms with Crippen molar-refractivity contribution >= 4 is 33.3 Å². The van der Waals surface area contributed by atoms with Crippen LogP contribution in [0.1, 0.15) is 35.4 Å². The Balaban J connectivity index is 1.50. The standard InChI is InChI=1S/C19H15N3O3S/c20-11-14-4-6-15(9-17(14)12-1-2-12)21-19(23)22-16-5-3-13-7-8-26(24,25)18(13)10-16/h3-10,12H,1-2H2,(H2,21,22,23). The predicted octanol–water partition coefficient (Wildman–Crippen LogP) is 3.84. The minimum atomic E-state index is -3.42. The first-order valence-corrected chi connectivity index (χ1v) is 9.70. The first-order chi connectivity index (χ1) is 12.5. The molecule has 0 unspecified atom stereocenters. The zero-order valence-electron chi connectivity index (χ0n) is 13.7. The first kappa shape index (κ1) is 16.4. The van der Waals surface area contributed by atoms with Gasteiger partial charge in [0.05, 0.1) is 16.5 Å². The number of hydrogen-bond donors (Lipinski definition) is 2. The van der Waals surface area contributed by atoms with Crippen molar-refractivity contribution in [2.75, 3.05) is 10.6 Å². The maximum Gasteiger partial charge on any atom is 0.323 e. The molecule has 0 bridgehead atoms. The molecule has 0 saturated heterocycles. The highest BCUT2D eigenvalue weighted by molar-refractivity contribution is 7.94. The van der Waals surface area contributed by atoms with E-state index in [1.54, 1.807) is 24.3 Å². The number of urea groups is 1. The van der Waals surface area contributed by atoms with Crippen molar-refractivity contribution < 1.29 is 13.2 Å². The summed E-state index contributed by atoms with van der Waals surface area (Å²) in [6.07, 6.45) is 3.65. The van der Waals surface area contributed by atoms with Crippen molar-refractivity contribution in [2.24, 2.45) is 0 Å². The lowest BCUT2D eigenvalue weighted by Crippen LogP contribution is -2.19. The highest BCUT2D eigenvalue weighted by Gasteiger charge is 2.26. The van der Waals surface area contributed by atoms with Crippen molar-refractivity contribution in [3.05, 3.63) is 58.5 Å². The van der Waals surface area contributed by atoms with E-state index >= 15 is 0 Å². The molecule has 1 fully saturated rings. The molecule has 2 aromatic carbocycles. The van der Waals surface area contributed by atoms with Gasteiger partial charge in [0, 0.05) is 16.8 Å². The number of amides is 2. The molecule has 1 aliphatic carbocycles. The number of benzene rings is 2. The third kappa shape index (κ3) is 3.07. The number of fused-ring (bicyclic) bond motifs is 1. The van der Waals surface area contributed by atoms with E-state index in [1.165, 1.54) is 12.1 Å². The lowest BCUT2D eigenvalue weighted by Gasteiger charge is -2.11. The van der Waals surface area contributed by atoms with Crippen LogP contribution in [0.3, 0.4) is 0 Å². The first-order valence-electron chi connectivity index (χ1n) is 8.15. The van der Waals surface area contributed by atoms with E-state index in [0.717, 1.165) is 23.8 Å². The van der Waals surface area contributed by atoms with Gasteiger partial charge < -0.3 is 10.6 Å². The zero-order valence-corrected chi connectivity index (χ0v) is 14.5. The average molecular weight is 365 g/mol. The van der Waals surface area contributed by atoms with Crippen molar-refractivity contribution in [3.8, 4) is 6.07 Å². The maximum absolute atomic E-state index is 12.2. The summed E-state index contributed by atoms with van der Waals surface area (Å²) in [7, 11) is -3.42. The molecule has 2 aliphatic rings. The number of rotatable bonds is 3. The fraction of sp³-hybridized carbons (Fsp3) is 0.158. The molecule has 2 amide bonds. The molecule has 0 spiro atoms. The highest BCUT2D eigenvalue weighted by Crippen LogP contribution is 2.42. The predicted molar refractivity (Wildman–Crippen MR) is 98.4 cm³/mol. The van der Waals surface area contributed by atoms with Gasteiger partial charge in [0.15, 0.2) is 0 Å². The summed E-state index contributed by atoms with van der Waals surface area (Å²) in [5, 5.41) is 15.7. The van der Waals surface area contributed by atoms with Crippen molar-refractivity contribution in [3.63, 3.8) is 0 Å². The van der Waals surface area contributed by atoms with Crippen LogP contribution in [0.15, 0.2) is 46.7 Å². The number of nitriles is 1. The van der Waals surface area contributed by atoms with Gasteiger partial charge in [0.25, 0.3) is 0 Å². The average Bonchev–Trinajstić information content (AvgIpc) is 3.41. The van der Waals surface area contributed by atoms with Crippen LogP contribution in [0.5, 0.6) is 0 Å². The minimum absolute atomic E-state index is 0.185. The normalized spacial score (nSPS) is 16.6. The van der Waals surface area contributed by atoms with Crippen LogP contribution in [0, 0.1) is 11.3 Å². The lowest BCUT2D eigenvalue weighted by molar-refractivity contribution is 0.262. The van der Waals surface area contributed by atoms with Crippen LogP contribution in [0.4, 0.5) is 16.2 Å². The van der Waals surface area contributed by atoms with Gasteiger partial charge in [-0.2, -0.15) is 5.26 Å². The van der Waals surface area contributed by atoms with Gasteiger partial charge in [-0.25, -0.2) is 13.2 Å². The number of carbonyl (C=O) groups excluding carboxylic acids is 1. The number of anilines is 2. The Kier molecular flexibility index (Phi) is 3.78. The number of sulfone groups is 1. The molecular formula is C19H15N3O3S. The van der Waals surface area contributed by atoms with E-state index < -0.39 is 15.9 Å². The molecule has 7 heteroatoms. The molecule has 0 atom stereocenters.